The van der Waals surface area contributed by atoms with Crippen LogP contribution in [0.15, 0.2) is 42.6 Å². The lowest BCUT2D eigenvalue weighted by atomic mass is 10.1. The third-order valence-corrected chi connectivity index (χ3v) is 3.06. The number of nitrogens with zero attached hydrogens (tertiary/aromatic N) is 1. The maximum Gasteiger partial charge on any atom is 0.335 e. The summed E-state index contributed by atoms with van der Waals surface area (Å²) in [5.74, 6) is -0.949. The number of fused-ring (bicyclic) bond motifs is 1. The Balaban J connectivity index is 2.13. The van der Waals surface area contributed by atoms with Gasteiger partial charge in [0.05, 0.1) is 17.0 Å². The molecule has 0 amide bonds. The summed E-state index contributed by atoms with van der Waals surface area (Å²) in [5, 5.41) is 10.1. The fraction of sp³-hybridized carbons (Fsp3) is 0.0667. The highest BCUT2D eigenvalue weighted by Crippen LogP contribution is 2.23. The molecule has 2 aromatic heterocycles. The van der Waals surface area contributed by atoms with Crippen molar-refractivity contribution in [1.29, 1.82) is 0 Å². The van der Waals surface area contributed by atoms with Crippen molar-refractivity contribution in [3.8, 4) is 11.4 Å². The third-order valence-electron chi connectivity index (χ3n) is 3.06. The van der Waals surface area contributed by atoms with Gasteiger partial charge in [0, 0.05) is 17.1 Å². The van der Waals surface area contributed by atoms with Gasteiger partial charge in [-0.05, 0) is 36.8 Å². The van der Waals surface area contributed by atoms with Gasteiger partial charge in [0.2, 0.25) is 0 Å². The molecule has 0 aliphatic heterocycles. The second-order valence-corrected chi connectivity index (χ2v) is 4.51. The smallest absolute Gasteiger partial charge is 0.335 e. The number of aromatic amines is 1. The summed E-state index contributed by atoms with van der Waals surface area (Å²) in [6.07, 6.45) is 1.51. The molecular formula is C15H12N2O2. The molecule has 0 bridgehead atoms. The van der Waals surface area contributed by atoms with Crippen molar-refractivity contribution < 1.29 is 9.90 Å². The van der Waals surface area contributed by atoms with Gasteiger partial charge in [-0.2, -0.15) is 0 Å². The van der Waals surface area contributed by atoms with Crippen molar-refractivity contribution >= 4 is 16.9 Å². The van der Waals surface area contributed by atoms with Gasteiger partial charge < -0.3 is 10.1 Å². The van der Waals surface area contributed by atoms with Gasteiger partial charge >= 0.3 is 5.97 Å². The normalized spacial score (nSPS) is 10.8. The zero-order chi connectivity index (χ0) is 13.4. The van der Waals surface area contributed by atoms with Crippen molar-refractivity contribution in [2.75, 3.05) is 0 Å². The molecule has 0 atom stereocenters. The molecule has 0 saturated carbocycles. The van der Waals surface area contributed by atoms with Crippen LogP contribution in [-0.4, -0.2) is 21.0 Å². The molecule has 0 aliphatic carbocycles. The summed E-state index contributed by atoms with van der Waals surface area (Å²) in [6, 6.07) is 11.2. The van der Waals surface area contributed by atoms with Crippen molar-refractivity contribution in [3.63, 3.8) is 0 Å². The number of aromatic carboxylic acids is 1. The van der Waals surface area contributed by atoms with Crippen LogP contribution in [0.1, 0.15) is 15.9 Å². The minimum atomic E-state index is -0.949. The molecule has 0 spiro atoms. The van der Waals surface area contributed by atoms with E-state index in [1.165, 1.54) is 17.8 Å². The molecule has 0 fully saturated rings. The Hall–Kier alpha value is -2.62. The lowest BCUT2D eigenvalue weighted by molar-refractivity contribution is 0.0697. The first-order valence-electron chi connectivity index (χ1n) is 5.92. The van der Waals surface area contributed by atoms with Gasteiger partial charge in [0.1, 0.15) is 0 Å². The Morgan fingerprint density at radius 2 is 2.05 bits per heavy atom. The van der Waals surface area contributed by atoms with E-state index in [4.69, 9.17) is 5.11 Å². The molecule has 4 heteroatoms. The van der Waals surface area contributed by atoms with E-state index < -0.39 is 5.97 Å². The number of aryl methyl sites for hydroxylation is 1. The van der Waals surface area contributed by atoms with E-state index in [-0.39, 0.29) is 5.56 Å². The van der Waals surface area contributed by atoms with E-state index in [1.54, 1.807) is 6.07 Å². The van der Waals surface area contributed by atoms with Crippen LogP contribution in [0.5, 0.6) is 0 Å². The average Bonchev–Trinajstić information content (AvgIpc) is 2.81. The van der Waals surface area contributed by atoms with E-state index in [2.05, 4.69) is 16.0 Å². The van der Waals surface area contributed by atoms with Gasteiger partial charge in [-0.3, -0.25) is 4.98 Å². The van der Waals surface area contributed by atoms with Gasteiger partial charge in [-0.1, -0.05) is 12.1 Å². The maximum absolute atomic E-state index is 11.0. The molecule has 19 heavy (non-hydrogen) atoms. The highest BCUT2D eigenvalue weighted by atomic mass is 16.4. The zero-order valence-electron chi connectivity index (χ0n) is 10.3. The summed E-state index contributed by atoms with van der Waals surface area (Å²) < 4.78 is 0. The fourth-order valence-electron chi connectivity index (χ4n) is 2.09. The summed E-state index contributed by atoms with van der Waals surface area (Å²) in [7, 11) is 0. The Morgan fingerprint density at radius 1 is 1.21 bits per heavy atom. The topological polar surface area (TPSA) is 66.0 Å². The van der Waals surface area contributed by atoms with Crippen LogP contribution in [0.3, 0.4) is 0 Å². The summed E-state index contributed by atoms with van der Waals surface area (Å²) >= 11 is 0. The van der Waals surface area contributed by atoms with Crippen LogP contribution in [0.2, 0.25) is 0 Å². The van der Waals surface area contributed by atoms with Crippen LogP contribution >= 0.6 is 0 Å². The van der Waals surface area contributed by atoms with E-state index >= 15 is 0 Å². The number of carboxylic acid groups (broad SMARTS) is 1. The molecule has 0 aliphatic rings. The molecule has 1 aromatic carbocycles. The van der Waals surface area contributed by atoms with Crippen molar-refractivity contribution in [2.24, 2.45) is 0 Å². The van der Waals surface area contributed by atoms with Crippen LogP contribution < -0.4 is 0 Å². The molecule has 2 heterocycles. The second-order valence-electron chi connectivity index (χ2n) is 4.51. The first kappa shape index (κ1) is 11.5. The number of benzene rings is 1. The first-order valence-corrected chi connectivity index (χ1v) is 5.92. The number of nitrogens with one attached hydrogen (secondary N) is 1. The van der Waals surface area contributed by atoms with Gasteiger partial charge in [-0.25, -0.2) is 4.79 Å². The summed E-state index contributed by atoms with van der Waals surface area (Å²) in [4.78, 5) is 18.4. The van der Waals surface area contributed by atoms with Crippen LogP contribution in [0.25, 0.3) is 22.3 Å². The number of hydrogen-bond donors (Lipinski definition) is 2. The Kier molecular flexibility index (Phi) is 2.56. The minimum absolute atomic E-state index is 0.236. The van der Waals surface area contributed by atoms with Crippen LogP contribution in [0, 0.1) is 6.92 Å². The second kappa shape index (κ2) is 4.24. The number of H-pyrrole nitrogens is 1. The molecular weight excluding hydrogens is 240 g/mol. The fourth-order valence-corrected chi connectivity index (χ4v) is 2.09. The summed E-state index contributed by atoms with van der Waals surface area (Å²) in [5.41, 5.74) is 3.89. The molecule has 2 N–H and O–H groups in total. The van der Waals surface area contributed by atoms with Gasteiger partial charge in [0.15, 0.2) is 0 Å². The molecule has 94 valence electrons. The molecule has 0 radical (unpaired) electrons. The Bertz CT molecular complexity index is 775. The van der Waals surface area contributed by atoms with Gasteiger partial charge in [-0.15, -0.1) is 0 Å². The van der Waals surface area contributed by atoms with E-state index in [9.17, 15) is 4.79 Å². The molecule has 0 unspecified atom stereocenters. The maximum atomic E-state index is 11.0. The largest absolute Gasteiger partial charge is 0.478 e. The number of hydrogen-bond acceptors (Lipinski definition) is 2. The van der Waals surface area contributed by atoms with E-state index in [1.807, 2.05) is 25.1 Å². The molecule has 3 aromatic rings. The summed E-state index contributed by atoms with van der Waals surface area (Å²) in [6.45, 7) is 2.03. The predicted molar refractivity (Wildman–Crippen MR) is 73.2 cm³/mol. The lowest BCUT2D eigenvalue weighted by Crippen LogP contribution is -1.97. The van der Waals surface area contributed by atoms with E-state index in [0.29, 0.717) is 5.69 Å². The molecule has 4 nitrogen and oxygen atoms in total. The molecule has 3 rings (SSSR count). The number of rotatable bonds is 2. The zero-order valence-corrected chi connectivity index (χ0v) is 10.3. The van der Waals surface area contributed by atoms with E-state index in [0.717, 1.165) is 16.6 Å². The monoisotopic (exact) mass is 252 g/mol. The number of pyridine rings is 1. The minimum Gasteiger partial charge on any atom is -0.478 e. The molecule has 0 saturated heterocycles. The Morgan fingerprint density at radius 3 is 2.84 bits per heavy atom. The lowest BCUT2D eigenvalue weighted by Gasteiger charge is -1.98. The van der Waals surface area contributed by atoms with Crippen molar-refractivity contribution in [1.82, 2.24) is 9.97 Å². The first-order chi connectivity index (χ1) is 9.13. The Labute approximate surface area is 109 Å². The van der Waals surface area contributed by atoms with Crippen molar-refractivity contribution in [2.45, 2.75) is 6.92 Å². The quantitative estimate of drug-likeness (QED) is 0.735. The van der Waals surface area contributed by atoms with Gasteiger partial charge in [0.25, 0.3) is 0 Å². The predicted octanol–water partition coefficient (Wildman–Crippen LogP) is 3.24. The number of aromatic nitrogens is 2. The number of carbonyl (C=O) groups is 1. The van der Waals surface area contributed by atoms with Crippen molar-refractivity contribution in [3.05, 3.63) is 53.7 Å². The highest BCUT2D eigenvalue weighted by molar-refractivity contribution is 5.90. The SMILES string of the molecule is Cc1ccc2cc(-c3cc(C(=O)O)ccn3)[nH]c2c1. The average molecular weight is 252 g/mol. The van der Waals surface area contributed by atoms with Crippen LogP contribution in [0.4, 0.5) is 0 Å². The standard InChI is InChI=1S/C15H12N2O2/c1-9-2-3-10-7-14(17-12(10)6-9)13-8-11(15(18)19)4-5-16-13/h2-8,17H,1H3,(H,18,19). The van der Waals surface area contributed by atoms with Crippen LogP contribution in [-0.2, 0) is 0 Å². The number of carboxylic acids is 1. The highest BCUT2D eigenvalue weighted by Gasteiger charge is 2.08. The third kappa shape index (κ3) is 2.08.